The first kappa shape index (κ1) is 14.5. The quantitative estimate of drug-likeness (QED) is 0.819. The summed E-state index contributed by atoms with van der Waals surface area (Å²) < 4.78 is 0. The number of likely N-dealkylation sites (tertiary alicyclic amines) is 1. The van der Waals surface area contributed by atoms with E-state index < -0.39 is 0 Å². The summed E-state index contributed by atoms with van der Waals surface area (Å²) in [7, 11) is 0. The Balaban J connectivity index is 1.31. The number of carbonyl (C=O) groups is 2. The zero-order valence-electron chi connectivity index (χ0n) is 13.2. The Labute approximate surface area is 132 Å². The van der Waals surface area contributed by atoms with Gasteiger partial charge in [0.05, 0.1) is 5.92 Å². The monoisotopic (exact) mass is 305 g/mol. The van der Waals surface area contributed by atoms with E-state index in [1.165, 1.54) is 12.8 Å². The van der Waals surface area contributed by atoms with Crippen molar-refractivity contribution in [1.82, 2.24) is 15.5 Å². The number of hydrogen-bond donors (Lipinski definition) is 2. The van der Waals surface area contributed by atoms with Gasteiger partial charge in [-0.2, -0.15) is 0 Å². The van der Waals surface area contributed by atoms with Gasteiger partial charge in [0.25, 0.3) is 0 Å². The number of rotatable bonds is 3. The van der Waals surface area contributed by atoms with Gasteiger partial charge in [-0.15, -0.1) is 0 Å². The van der Waals surface area contributed by atoms with E-state index >= 15 is 0 Å². The van der Waals surface area contributed by atoms with Gasteiger partial charge in [0.15, 0.2) is 0 Å². The molecular formula is C17H27N3O2. The Kier molecular flexibility index (Phi) is 3.84. The molecule has 0 spiro atoms. The number of fused-ring (bicyclic) bond motifs is 2. The van der Waals surface area contributed by atoms with Crippen LogP contribution in [-0.2, 0) is 9.59 Å². The van der Waals surface area contributed by atoms with Gasteiger partial charge in [-0.05, 0) is 51.4 Å². The van der Waals surface area contributed by atoms with Crippen LogP contribution in [0.2, 0.25) is 0 Å². The van der Waals surface area contributed by atoms with Crippen molar-refractivity contribution in [2.75, 3.05) is 13.1 Å². The molecule has 5 heteroatoms. The van der Waals surface area contributed by atoms with E-state index in [-0.39, 0.29) is 23.7 Å². The van der Waals surface area contributed by atoms with E-state index in [1.54, 1.807) is 0 Å². The Morgan fingerprint density at radius 2 is 1.68 bits per heavy atom. The molecule has 5 nitrogen and oxygen atoms in total. The highest BCUT2D eigenvalue weighted by molar-refractivity contribution is 5.83. The van der Waals surface area contributed by atoms with Crippen molar-refractivity contribution in [2.24, 2.45) is 11.8 Å². The number of nitrogens with one attached hydrogen (secondary N) is 2. The predicted molar refractivity (Wildman–Crippen MR) is 83.1 cm³/mol. The summed E-state index contributed by atoms with van der Waals surface area (Å²) in [5, 5.41) is 6.89. The van der Waals surface area contributed by atoms with Crippen LogP contribution >= 0.6 is 0 Å². The first-order valence-corrected chi connectivity index (χ1v) is 9.04. The maximum atomic E-state index is 12.6. The van der Waals surface area contributed by atoms with Crippen molar-refractivity contribution in [3.63, 3.8) is 0 Å². The average Bonchev–Trinajstić information content (AvgIpc) is 3.32. The molecule has 3 heterocycles. The van der Waals surface area contributed by atoms with E-state index in [0.717, 1.165) is 45.1 Å². The SMILES string of the molecule is O=C(NC1CC2CCC(C1)N2)C1CCCN(C(=O)C2CC2)C1. The van der Waals surface area contributed by atoms with Gasteiger partial charge >= 0.3 is 0 Å². The average molecular weight is 305 g/mol. The number of hydrogen-bond acceptors (Lipinski definition) is 3. The zero-order chi connectivity index (χ0) is 15.1. The molecule has 1 aliphatic carbocycles. The van der Waals surface area contributed by atoms with Crippen LogP contribution in [-0.4, -0.2) is 47.9 Å². The van der Waals surface area contributed by atoms with Crippen molar-refractivity contribution in [3.8, 4) is 0 Å². The lowest BCUT2D eigenvalue weighted by molar-refractivity contribution is -0.137. The molecule has 0 radical (unpaired) electrons. The molecule has 2 amide bonds. The molecule has 2 N–H and O–H groups in total. The molecule has 4 rings (SSSR count). The molecule has 3 aliphatic heterocycles. The molecule has 122 valence electrons. The second kappa shape index (κ2) is 5.84. The third-order valence-electron chi connectivity index (χ3n) is 5.85. The van der Waals surface area contributed by atoms with Gasteiger partial charge in [-0.25, -0.2) is 0 Å². The number of amides is 2. The normalized spacial score (nSPS) is 37.9. The molecule has 4 fully saturated rings. The largest absolute Gasteiger partial charge is 0.353 e. The maximum Gasteiger partial charge on any atom is 0.225 e. The number of piperidine rings is 2. The summed E-state index contributed by atoms with van der Waals surface area (Å²) in [4.78, 5) is 26.7. The third kappa shape index (κ3) is 3.00. The summed E-state index contributed by atoms with van der Waals surface area (Å²) in [6.45, 7) is 1.48. The van der Waals surface area contributed by atoms with Crippen LogP contribution < -0.4 is 10.6 Å². The first-order chi connectivity index (χ1) is 10.7. The van der Waals surface area contributed by atoms with Crippen LogP contribution in [0.3, 0.4) is 0 Å². The van der Waals surface area contributed by atoms with Gasteiger partial charge < -0.3 is 15.5 Å². The van der Waals surface area contributed by atoms with E-state index in [0.29, 0.717) is 24.7 Å². The molecule has 3 atom stereocenters. The van der Waals surface area contributed by atoms with E-state index in [9.17, 15) is 9.59 Å². The van der Waals surface area contributed by atoms with Crippen molar-refractivity contribution >= 4 is 11.8 Å². The lowest BCUT2D eigenvalue weighted by Crippen LogP contribution is -2.52. The molecule has 0 aromatic carbocycles. The van der Waals surface area contributed by atoms with E-state index in [4.69, 9.17) is 0 Å². The number of carbonyl (C=O) groups excluding carboxylic acids is 2. The Bertz CT molecular complexity index is 451. The highest BCUT2D eigenvalue weighted by Crippen LogP contribution is 2.33. The zero-order valence-corrected chi connectivity index (χ0v) is 13.2. The van der Waals surface area contributed by atoms with Crippen LogP contribution in [0.4, 0.5) is 0 Å². The fourth-order valence-electron chi connectivity index (χ4n) is 4.47. The van der Waals surface area contributed by atoms with Crippen molar-refractivity contribution in [2.45, 2.75) is 69.5 Å². The van der Waals surface area contributed by atoms with Crippen LogP contribution in [0.1, 0.15) is 51.4 Å². The fraction of sp³-hybridized carbons (Fsp3) is 0.882. The molecule has 3 saturated heterocycles. The Morgan fingerprint density at radius 3 is 2.36 bits per heavy atom. The van der Waals surface area contributed by atoms with Crippen molar-refractivity contribution in [1.29, 1.82) is 0 Å². The van der Waals surface area contributed by atoms with Crippen LogP contribution in [0, 0.1) is 11.8 Å². The predicted octanol–water partition coefficient (Wildman–Crippen LogP) is 1.03. The van der Waals surface area contributed by atoms with Gasteiger partial charge in [-0.3, -0.25) is 9.59 Å². The summed E-state index contributed by atoms with van der Waals surface area (Å²) in [6, 6.07) is 1.53. The van der Waals surface area contributed by atoms with Gasteiger partial charge in [0.1, 0.15) is 0 Å². The molecule has 2 bridgehead atoms. The Hall–Kier alpha value is -1.10. The van der Waals surface area contributed by atoms with Crippen LogP contribution in [0.5, 0.6) is 0 Å². The summed E-state index contributed by atoms with van der Waals surface area (Å²) in [5.74, 6) is 0.739. The van der Waals surface area contributed by atoms with E-state index in [1.807, 2.05) is 4.90 Å². The summed E-state index contributed by atoms with van der Waals surface area (Å²) >= 11 is 0. The maximum absolute atomic E-state index is 12.6. The Morgan fingerprint density at radius 1 is 0.955 bits per heavy atom. The summed E-state index contributed by atoms with van der Waals surface area (Å²) in [5.41, 5.74) is 0. The highest BCUT2D eigenvalue weighted by Gasteiger charge is 2.38. The van der Waals surface area contributed by atoms with Crippen molar-refractivity contribution < 1.29 is 9.59 Å². The lowest BCUT2D eigenvalue weighted by Gasteiger charge is -2.35. The molecule has 4 aliphatic rings. The molecule has 1 saturated carbocycles. The van der Waals surface area contributed by atoms with E-state index in [2.05, 4.69) is 10.6 Å². The number of nitrogens with zero attached hydrogens (tertiary/aromatic N) is 1. The minimum Gasteiger partial charge on any atom is -0.353 e. The topological polar surface area (TPSA) is 61.4 Å². The van der Waals surface area contributed by atoms with Crippen molar-refractivity contribution in [3.05, 3.63) is 0 Å². The first-order valence-electron chi connectivity index (χ1n) is 9.04. The van der Waals surface area contributed by atoms with Gasteiger partial charge in [0, 0.05) is 37.1 Å². The van der Waals surface area contributed by atoms with Crippen LogP contribution in [0.25, 0.3) is 0 Å². The second-order valence-electron chi connectivity index (χ2n) is 7.71. The standard InChI is InChI=1S/C17H27N3O2/c21-16(19-15-8-13-5-6-14(9-15)18-13)12-2-1-7-20(10-12)17(22)11-3-4-11/h11-15,18H,1-10H2,(H,19,21). The van der Waals surface area contributed by atoms with Gasteiger partial charge in [0.2, 0.25) is 11.8 Å². The van der Waals surface area contributed by atoms with Gasteiger partial charge in [-0.1, -0.05) is 0 Å². The van der Waals surface area contributed by atoms with Crippen LogP contribution in [0.15, 0.2) is 0 Å². The minimum atomic E-state index is 0.00369. The molecule has 22 heavy (non-hydrogen) atoms. The highest BCUT2D eigenvalue weighted by atomic mass is 16.2. The smallest absolute Gasteiger partial charge is 0.225 e. The molecular weight excluding hydrogens is 278 g/mol. The molecule has 3 unspecified atom stereocenters. The minimum absolute atomic E-state index is 0.00369. The summed E-state index contributed by atoms with van der Waals surface area (Å²) in [6.07, 6.45) is 8.63. The fourth-order valence-corrected chi connectivity index (χ4v) is 4.47. The lowest BCUT2D eigenvalue weighted by atomic mass is 9.94. The second-order valence-corrected chi connectivity index (χ2v) is 7.71. The third-order valence-corrected chi connectivity index (χ3v) is 5.85. The molecule has 0 aromatic heterocycles. The molecule has 0 aromatic rings.